The largest absolute Gasteiger partial charge is 0.388 e. The van der Waals surface area contributed by atoms with Gasteiger partial charge in [0.05, 0.1) is 11.0 Å². The second kappa shape index (κ2) is 11.0. The molecule has 1 atom stereocenters. The lowest BCUT2D eigenvalue weighted by Crippen LogP contribution is -2.06. The van der Waals surface area contributed by atoms with Crippen LogP contribution < -0.4 is 0 Å². The molecule has 3 aromatic rings. The maximum Gasteiger partial charge on any atom is 0.177 e. The second-order valence-corrected chi connectivity index (χ2v) is 8.35. The van der Waals surface area contributed by atoms with Gasteiger partial charge in [0.1, 0.15) is 5.01 Å². The summed E-state index contributed by atoms with van der Waals surface area (Å²) >= 11 is 1.34. The molecule has 0 aliphatic heterocycles. The van der Waals surface area contributed by atoms with Crippen molar-refractivity contribution >= 4 is 17.1 Å². The molecule has 3 rings (SSSR count). The molecule has 1 aromatic carbocycles. The quantitative estimate of drug-likeness (QED) is 0.311. The van der Waals surface area contributed by atoms with Crippen LogP contribution in [-0.4, -0.2) is 20.9 Å². The molecule has 29 heavy (non-hydrogen) atoms. The number of aliphatic hydroxyl groups excluding tert-OH is 1. The van der Waals surface area contributed by atoms with E-state index in [-0.39, 0.29) is 12.2 Å². The van der Waals surface area contributed by atoms with Crippen LogP contribution in [0.15, 0.2) is 55.0 Å². The molecule has 0 spiro atoms. The van der Waals surface area contributed by atoms with Crippen LogP contribution in [0.4, 0.5) is 0 Å². The van der Waals surface area contributed by atoms with Crippen LogP contribution in [-0.2, 0) is 6.42 Å². The number of carbonyl (C=O) groups excluding carboxylic acids is 1. The number of carbonyl (C=O) groups is 1. The molecule has 4 nitrogen and oxygen atoms in total. The predicted octanol–water partition coefficient (Wildman–Crippen LogP) is 6.02. The molecule has 1 N–H and O–H groups in total. The summed E-state index contributed by atoms with van der Waals surface area (Å²) in [6, 6.07) is 11.8. The van der Waals surface area contributed by atoms with E-state index in [1.807, 2.05) is 24.3 Å². The zero-order valence-electron chi connectivity index (χ0n) is 16.9. The Morgan fingerprint density at radius 1 is 1.07 bits per heavy atom. The minimum absolute atomic E-state index is 0.0606. The van der Waals surface area contributed by atoms with Crippen molar-refractivity contribution in [2.45, 2.75) is 58.0 Å². The first-order valence-corrected chi connectivity index (χ1v) is 11.2. The molecule has 0 bridgehead atoms. The number of Topliss-reactive ketones (excluding diaryl/α,β-unsaturated/α-hetero) is 1. The van der Waals surface area contributed by atoms with Crippen LogP contribution in [0.2, 0.25) is 0 Å². The van der Waals surface area contributed by atoms with E-state index in [1.54, 1.807) is 18.6 Å². The third-order valence-corrected chi connectivity index (χ3v) is 6.09. The maximum absolute atomic E-state index is 12.6. The monoisotopic (exact) mass is 408 g/mol. The van der Waals surface area contributed by atoms with Crippen molar-refractivity contribution in [3.05, 3.63) is 71.0 Å². The molecule has 152 valence electrons. The highest BCUT2D eigenvalue weighted by atomic mass is 32.1. The topological polar surface area (TPSA) is 63.1 Å². The fourth-order valence-electron chi connectivity index (χ4n) is 3.26. The molecule has 0 unspecified atom stereocenters. The minimum atomic E-state index is -0.801. The Balaban J connectivity index is 1.52. The summed E-state index contributed by atoms with van der Waals surface area (Å²) in [4.78, 5) is 21.5. The van der Waals surface area contributed by atoms with E-state index in [0.29, 0.717) is 4.88 Å². The lowest BCUT2D eigenvalue weighted by molar-refractivity contribution is 0.0884. The molecule has 0 aliphatic carbocycles. The van der Waals surface area contributed by atoms with Crippen LogP contribution in [0.1, 0.15) is 72.4 Å². The van der Waals surface area contributed by atoms with Crippen molar-refractivity contribution in [3.8, 4) is 10.6 Å². The van der Waals surface area contributed by atoms with E-state index in [1.165, 1.54) is 49.0 Å². The third-order valence-electron chi connectivity index (χ3n) is 5.00. The lowest BCUT2D eigenvalue weighted by Gasteiger charge is -2.10. The summed E-state index contributed by atoms with van der Waals surface area (Å²) in [5.74, 6) is -0.0925. The Morgan fingerprint density at radius 3 is 2.59 bits per heavy atom. The van der Waals surface area contributed by atoms with Gasteiger partial charge in [-0.3, -0.25) is 9.78 Å². The first-order valence-electron chi connectivity index (χ1n) is 10.3. The summed E-state index contributed by atoms with van der Waals surface area (Å²) in [5.41, 5.74) is 2.96. The number of hydrogen-bond donors (Lipinski definition) is 1. The second-order valence-electron chi connectivity index (χ2n) is 7.32. The van der Waals surface area contributed by atoms with Gasteiger partial charge >= 0.3 is 0 Å². The van der Waals surface area contributed by atoms with Crippen LogP contribution in [0.5, 0.6) is 0 Å². The molecule has 0 fully saturated rings. The summed E-state index contributed by atoms with van der Waals surface area (Å²) in [6.07, 6.45) is 11.7. The molecular weight excluding hydrogens is 380 g/mol. The number of aliphatic hydroxyl groups is 1. The van der Waals surface area contributed by atoms with Crippen molar-refractivity contribution in [1.82, 2.24) is 9.97 Å². The number of ketones is 1. The Kier molecular flexibility index (Phi) is 8.08. The smallest absolute Gasteiger partial charge is 0.177 e. The standard InChI is InChI=1S/C24H28N2O2S/c1-2-3-4-5-6-8-18-10-12-19(13-11-18)21(27)15-22(28)23-17-26-24(29-23)20-9-7-14-25-16-20/h7,9-14,16-17,21,27H,2-6,8,15H2,1H3/t21-/m1/s1. The SMILES string of the molecule is CCCCCCCc1ccc([C@H](O)CC(=O)c2cnc(-c3cccnc3)s2)cc1. The van der Waals surface area contributed by atoms with E-state index in [4.69, 9.17) is 0 Å². The number of pyridine rings is 1. The van der Waals surface area contributed by atoms with E-state index < -0.39 is 6.10 Å². The van der Waals surface area contributed by atoms with Gasteiger partial charge in [0.2, 0.25) is 0 Å². The van der Waals surface area contributed by atoms with Gasteiger partial charge < -0.3 is 5.11 Å². The summed E-state index contributed by atoms with van der Waals surface area (Å²) in [6.45, 7) is 2.23. The zero-order chi connectivity index (χ0) is 20.5. The van der Waals surface area contributed by atoms with Gasteiger partial charge in [-0.2, -0.15) is 0 Å². The highest BCUT2D eigenvalue weighted by Gasteiger charge is 2.17. The molecule has 0 amide bonds. The maximum atomic E-state index is 12.6. The molecule has 0 saturated heterocycles. The Morgan fingerprint density at radius 2 is 1.86 bits per heavy atom. The van der Waals surface area contributed by atoms with Crippen molar-refractivity contribution in [1.29, 1.82) is 0 Å². The molecular formula is C24H28N2O2S. The number of nitrogens with zero attached hydrogens (tertiary/aromatic N) is 2. The van der Waals surface area contributed by atoms with Crippen LogP contribution >= 0.6 is 11.3 Å². The Bertz CT molecular complexity index is 891. The van der Waals surface area contributed by atoms with E-state index in [2.05, 4.69) is 29.0 Å². The van der Waals surface area contributed by atoms with E-state index >= 15 is 0 Å². The first kappa shape index (κ1) is 21.3. The van der Waals surface area contributed by atoms with E-state index in [0.717, 1.165) is 22.6 Å². The van der Waals surface area contributed by atoms with Gasteiger partial charge in [-0.25, -0.2) is 4.98 Å². The number of hydrogen-bond acceptors (Lipinski definition) is 5. The summed E-state index contributed by atoms with van der Waals surface area (Å²) in [7, 11) is 0. The molecule has 5 heteroatoms. The van der Waals surface area contributed by atoms with Crippen LogP contribution in [0.3, 0.4) is 0 Å². The van der Waals surface area contributed by atoms with Crippen molar-refractivity contribution in [3.63, 3.8) is 0 Å². The average Bonchev–Trinajstić information content (AvgIpc) is 3.25. The highest BCUT2D eigenvalue weighted by molar-refractivity contribution is 7.16. The van der Waals surface area contributed by atoms with Crippen molar-refractivity contribution < 1.29 is 9.90 Å². The summed E-state index contributed by atoms with van der Waals surface area (Å²) in [5, 5.41) is 11.3. The Hall–Kier alpha value is -2.37. The van der Waals surface area contributed by atoms with Gasteiger partial charge in [0.25, 0.3) is 0 Å². The van der Waals surface area contributed by atoms with Crippen molar-refractivity contribution in [2.24, 2.45) is 0 Å². The van der Waals surface area contributed by atoms with Gasteiger partial charge in [0.15, 0.2) is 5.78 Å². The number of unbranched alkanes of at least 4 members (excludes halogenated alkanes) is 4. The number of benzene rings is 1. The minimum Gasteiger partial charge on any atom is -0.388 e. The predicted molar refractivity (Wildman–Crippen MR) is 118 cm³/mol. The first-order chi connectivity index (χ1) is 14.2. The number of thiazole rings is 1. The Labute approximate surface area is 176 Å². The lowest BCUT2D eigenvalue weighted by atomic mass is 10.00. The molecule has 0 radical (unpaired) electrons. The average molecular weight is 409 g/mol. The fraction of sp³-hybridized carbons (Fsp3) is 0.375. The number of aryl methyl sites for hydroxylation is 1. The van der Waals surface area contributed by atoms with Gasteiger partial charge in [0, 0.05) is 30.6 Å². The van der Waals surface area contributed by atoms with Gasteiger partial charge in [-0.05, 0) is 36.1 Å². The normalized spacial score (nSPS) is 12.1. The van der Waals surface area contributed by atoms with Crippen molar-refractivity contribution in [2.75, 3.05) is 0 Å². The number of aromatic nitrogens is 2. The van der Waals surface area contributed by atoms with Gasteiger partial charge in [-0.1, -0.05) is 56.9 Å². The van der Waals surface area contributed by atoms with Crippen LogP contribution in [0, 0.1) is 0 Å². The summed E-state index contributed by atoms with van der Waals surface area (Å²) < 4.78 is 0. The van der Waals surface area contributed by atoms with E-state index in [9.17, 15) is 9.90 Å². The molecule has 0 aliphatic rings. The molecule has 0 saturated carbocycles. The van der Waals surface area contributed by atoms with Gasteiger partial charge in [-0.15, -0.1) is 11.3 Å². The number of rotatable bonds is 11. The highest BCUT2D eigenvalue weighted by Crippen LogP contribution is 2.27. The fourth-order valence-corrected chi connectivity index (χ4v) is 4.11. The molecule has 2 aromatic heterocycles. The van der Waals surface area contributed by atoms with Crippen LogP contribution in [0.25, 0.3) is 10.6 Å². The third kappa shape index (κ3) is 6.31. The molecule has 2 heterocycles. The zero-order valence-corrected chi connectivity index (χ0v) is 17.7.